The van der Waals surface area contributed by atoms with Crippen molar-refractivity contribution in [3.63, 3.8) is 0 Å². The second-order valence-electron chi connectivity index (χ2n) is 6.45. The van der Waals surface area contributed by atoms with Crippen LogP contribution in [0.4, 0.5) is 0 Å². The summed E-state index contributed by atoms with van der Waals surface area (Å²) in [4.78, 5) is 12.6. The standard InChI is InChI=1S/C23H23ClN2O/c1-17(23(27)25-16-20-14-8-9-15-21(20)24)26-22(18-10-4-2-5-11-18)19-12-6-3-7-13-19/h2-15,17,22,26H,16H2,1H3,(H,25,27). The molecule has 0 saturated heterocycles. The Labute approximate surface area is 165 Å². The molecule has 0 aromatic heterocycles. The van der Waals surface area contributed by atoms with Gasteiger partial charge in [0, 0.05) is 11.6 Å². The molecule has 0 radical (unpaired) electrons. The van der Waals surface area contributed by atoms with Crippen molar-refractivity contribution in [2.75, 3.05) is 0 Å². The molecule has 27 heavy (non-hydrogen) atoms. The maximum atomic E-state index is 12.6. The third kappa shape index (κ3) is 5.19. The molecule has 0 fully saturated rings. The Balaban J connectivity index is 1.70. The first-order valence-corrected chi connectivity index (χ1v) is 9.40. The number of hydrogen-bond acceptors (Lipinski definition) is 2. The largest absolute Gasteiger partial charge is 0.351 e. The molecular weight excluding hydrogens is 356 g/mol. The maximum Gasteiger partial charge on any atom is 0.237 e. The number of rotatable bonds is 7. The van der Waals surface area contributed by atoms with Crippen LogP contribution in [0.15, 0.2) is 84.9 Å². The molecule has 0 saturated carbocycles. The zero-order valence-corrected chi connectivity index (χ0v) is 16.0. The van der Waals surface area contributed by atoms with Crippen LogP contribution in [-0.2, 0) is 11.3 Å². The zero-order chi connectivity index (χ0) is 19.1. The van der Waals surface area contributed by atoms with Crippen LogP contribution in [0.25, 0.3) is 0 Å². The molecule has 0 spiro atoms. The SMILES string of the molecule is CC(NC(c1ccccc1)c1ccccc1)C(=O)NCc1ccccc1Cl. The summed E-state index contributed by atoms with van der Waals surface area (Å²) in [6.45, 7) is 2.28. The first-order chi connectivity index (χ1) is 13.1. The van der Waals surface area contributed by atoms with Gasteiger partial charge in [0.25, 0.3) is 0 Å². The van der Waals surface area contributed by atoms with Crippen LogP contribution in [0.5, 0.6) is 0 Å². The Hall–Kier alpha value is -2.62. The second-order valence-corrected chi connectivity index (χ2v) is 6.86. The van der Waals surface area contributed by atoms with E-state index in [9.17, 15) is 4.79 Å². The topological polar surface area (TPSA) is 41.1 Å². The number of amides is 1. The van der Waals surface area contributed by atoms with Crippen molar-refractivity contribution in [3.05, 3.63) is 107 Å². The molecule has 0 heterocycles. The van der Waals surface area contributed by atoms with E-state index in [2.05, 4.69) is 34.9 Å². The van der Waals surface area contributed by atoms with Crippen molar-refractivity contribution < 1.29 is 4.79 Å². The third-order valence-electron chi connectivity index (χ3n) is 4.49. The highest BCUT2D eigenvalue weighted by Crippen LogP contribution is 2.22. The Morgan fingerprint density at radius 1 is 0.852 bits per heavy atom. The minimum atomic E-state index is -0.363. The molecule has 3 nitrogen and oxygen atoms in total. The van der Waals surface area contributed by atoms with E-state index in [-0.39, 0.29) is 18.0 Å². The van der Waals surface area contributed by atoms with Crippen molar-refractivity contribution in [3.8, 4) is 0 Å². The Kier molecular flexibility index (Phi) is 6.64. The number of carbonyl (C=O) groups excluding carboxylic acids is 1. The molecule has 4 heteroatoms. The summed E-state index contributed by atoms with van der Waals surface area (Å²) >= 11 is 6.16. The van der Waals surface area contributed by atoms with Crippen molar-refractivity contribution in [2.24, 2.45) is 0 Å². The van der Waals surface area contributed by atoms with Gasteiger partial charge >= 0.3 is 0 Å². The molecule has 1 amide bonds. The van der Waals surface area contributed by atoms with E-state index in [0.29, 0.717) is 11.6 Å². The van der Waals surface area contributed by atoms with Crippen LogP contribution < -0.4 is 10.6 Å². The summed E-state index contributed by atoms with van der Waals surface area (Å²) in [5.74, 6) is -0.0632. The van der Waals surface area contributed by atoms with E-state index in [4.69, 9.17) is 11.6 Å². The van der Waals surface area contributed by atoms with Gasteiger partial charge in [0.15, 0.2) is 0 Å². The fourth-order valence-corrected chi connectivity index (χ4v) is 3.18. The molecule has 0 aliphatic carbocycles. The number of benzene rings is 3. The number of halogens is 1. The predicted octanol–water partition coefficient (Wildman–Crippen LogP) is 4.72. The van der Waals surface area contributed by atoms with Crippen molar-refractivity contribution in [1.29, 1.82) is 0 Å². The van der Waals surface area contributed by atoms with Crippen LogP contribution >= 0.6 is 11.6 Å². The van der Waals surface area contributed by atoms with Crippen molar-refractivity contribution in [1.82, 2.24) is 10.6 Å². The minimum absolute atomic E-state index is 0.0616. The fraction of sp³-hybridized carbons (Fsp3) is 0.174. The summed E-state index contributed by atoms with van der Waals surface area (Å²) in [5.41, 5.74) is 3.14. The average Bonchev–Trinajstić information content (AvgIpc) is 2.72. The lowest BCUT2D eigenvalue weighted by molar-refractivity contribution is -0.123. The molecule has 1 atom stereocenters. The lowest BCUT2D eigenvalue weighted by atomic mass is 9.98. The molecule has 0 bridgehead atoms. The Morgan fingerprint density at radius 2 is 1.37 bits per heavy atom. The maximum absolute atomic E-state index is 12.6. The molecule has 0 aliphatic rings. The van der Waals surface area contributed by atoms with Crippen LogP contribution in [0, 0.1) is 0 Å². The van der Waals surface area contributed by atoms with Gasteiger partial charge < -0.3 is 5.32 Å². The number of hydrogen-bond donors (Lipinski definition) is 2. The molecule has 138 valence electrons. The van der Waals surface area contributed by atoms with Gasteiger partial charge in [0.2, 0.25) is 5.91 Å². The zero-order valence-electron chi connectivity index (χ0n) is 15.2. The molecular formula is C23H23ClN2O. The smallest absolute Gasteiger partial charge is 0.237 e. The predicted molar refractivity (Wildman–Crippen MR) is 111 cm³/mol. The fourth-order valence-electron chi connectivity index (χ4n) is 2.98. The molecule has 2 N–H and O–H groups in total. The van der Waals surface area contributed by atoms with Crippen LogP contribution in [0.2, 0.25) is 5.02 Å². The van der Waals surface area contributed by atoms with Gasteiger partial charge in [-0.1, -0.05) is 90.5 Å². The summed E-state index contributed by atoms with van der Waals surface area (Å²) in [5, 5.41) is 7.07. The Morgan fingerprint density at radius 3 is 1.93 bits per heavy atom. The van der Waals surface area contributed by atoms with Crippen LogP contribution in [0.1, 0.15) is 29.7 Å². The summed E-state index contributed by atoms with van der Waals surface area (Å²) in [6.07, 6.45) is 0. The summed E-state index contributed by atoms with van der Waals surface area (Å²) in [6, 6.07) is 27.4. The molecule has 3 rings (SSSR count). The average molecular weight is 379 g/mol. The van der Waals surface area contributed by atoms with Crippen LogP contribution in [-0.4, -0.2) is 11.9 Å². The van der Waals surface area contributed by atoms with Gasteiger partial charge in [0.1, 0.15) is 0 Å². The van der Waals surface area contributed by atoms with E-state index >= 15 is 0 Å². The van der Waals surface area contributed by atoms with E-state index in [1.165, 1.54) is 0 Å². The number of nitrogens with one attached hydrogen (secondary N) is 2. The van der Waals surface area contributed by atoms with Gasteiger partial charge in [-0.15, -0.1) is 0 Å². The minimum Gasteiger partial charge on any atom is -0.351 e. The Bertz CT molecular complexity index is 828. The molecule has 3 aromatic carbocycles. The van der Waals surface area contributed by atoms with Crippen LogP contribution in [0.3, 0.4) is 0 Å². The van der Waals surface area contributed by atoms with Gasteiger partial charge in [-0.25, -0.2) is 0 Å². The third-order valence-corrected chi connectivity index (χ3v) is 4.86. The molecule has 0 aliphatic heterocycles. The normalized spacial score (nSPS) is 12.0. The lowest BCUT2D eigenvalue weighted by Crippen LogP contribution is -2.43. The first-order valence-electron chi connectivity index (χ1n) is 9.02. The highest BCUT2D eigenvalue weighted by molar-refractivity contribution is 6.31. The van der Waals surface area contributed by atoms with E-state index in [1.807, 2.05) is 67.6 Å². The molecule has 3 aromatic rings. The summed E-state index contributed by atoms with van der Waals surface area (Å²) < 4.78 is 0. The first kappa shape index (κ1) is 19.2. The highest BCUT2D eigenvalue weighted by atomic mass is 35.5. The quantitative estimate of drug-likeness (QED) is 0.624. The highest BCUT2D eigenvalue weighted by Gasteiger charge is 2.20. The van der Waals surface area contributed by atoms with Crippen molar-refractivity contribution >= 4 is 17.5 Å². The van der Waals surface area contributed by atoms with Gasteiger partial charge in [-0.2, -0.15) is 0 Å². The van der Waals surface area contributed by atoms with Crippen molar-refractivity contribution in [2.45, 2.75) is 25.6 Å². The van der Waals surface area contributed by atoms with Gasteiger partial charge in [-0.05, 0) is 29.7 Å². The van der Waals surface area contributed by atoms with Gasteiger partial charge in [0.05, 0.1) is 12.1 Å². The van der Waals surface area contributed by atoms with E-state index < -0.39 is 0 Å². The second kappa shape index (κ2) is 9.36. The lowest BCUT2D eigenvalue weighted by Gasteiger charge is -2.24. The molecule has 1 unspecified atom stereocenters. The monoisotopic (exact) mass is 378 g/mol. The number of carbonyl (C=O) groups is 1. The van der Waals surface area contributed by atoms with E-state index in [1.54, 1.807) is 0 Å². The summed E-state index contributed by atoms with van der Waals surface area (Å²) in [7, 11) is 0. The van der Waals surface area contributed by atoms with E-state index in [0.717, 1.165) is 16.7 Å². The van der Waals surface area contributed by atoms with Gasteiger partial charge in [-0.3, -0.25) is 10.1 Å².